The normalized spacial score (nSPS) is 10.8. The van der Waals surface area contributed by atoms with Gasteiger partial charge in [-0.05, 0) is 54.1 Å². The number of hydrogen-bond donors (Lipinski definition) is 1. The van der Waals surface area contributed by atoms with E-state index in [1.54, 1.807) is 14.2 Å². The number of hydrogen-bond acceptors (Lipinski definition) is 8. The second kappa shape index (κ2) is 8.96. The van der Waals surface area contributed by atoms with Gasteiger partial charge < -0.3 is 19.2 Å². The summed E-state index contributed by atoms with van der Waals surface area (Å²) in [5, 5.41) is 12.7. The van der Waals surface area contributed by atoms with Gasteiger partial charge in [0, 0.05) is 17.5 Å². The molecule has 5 aromatic rings. The molecule has 0 unspecified atom stereocenters. The average molecular weight is 439 g/mol. The van der Waals surface area contributed by atoms with Gasteiger partial charge >= 0.3 is 0 Å². The van der Waals surface area contributed by atoms with Crippen LogP contribution in [0.4, 0.5) is 5.82 Å². The second-order valence-electron chi connectivity index (χ2n) is 7.26. The third kappa shape index (κ3) is 4.31. The summed E-state index contributed by atoms with van der Waals surface area (Å²) in [6.45, 7) is 0.568. The average Bonchev–Trinajstić information content (AvgIpc) is 3.38. The third-order valence-corrected chi connectivity index (χ3v) is 5.15. The van der Waals surface area contributed by atoms with Crippen molar-refractivity contribution in [2.45, 2.75) is 6.54 Å². The largest absolute Gasteiger partial charge is 0.497 e. The Bertz CT molecular complexity index is 1400. The van der Waals surface area contributed by atoms with Crippen LogP contribution in [0.3, 0.4) is 0 Å². The molecule has 8 heteroatoms. The summed E-state index contributed by atoms with van der Waals surface area (Å²) in [4.78, 5) is 9.33. The van der Waals surface area contributed by atoms with E-state index < -0.39 is 0 Å². The molecule has 164 valence electrons. The van der Waals surface area contributed by atoms with Crippen LogP contribution in [-0.2, 0) is 6.54 Å². The first kappa shape index (κ1) is 20.4. The maximum Gasteiger partial charge on any atom is 0.286 e. The van der Waals surface area contributed by atoms with E-state index in [-0.39, 0.29) is 5.89 Å². The number of benzene rings is 3. The number of anilines is 1. The van der Waals surface area contributed by atoms with Gasteiger partial charge in [0.05, 0.1) is 19.7 Å². The molecule has 8 nitrogen and oxygen atoms in total. The summed E-state index contributed by atoms with van der Waals surface area (Å²) in [5.41, 5.74) is 2.63. The molecule has 0 radical (unpaired) electrons. The quantitative estimate of drug-likeness (QED) is 0.380. The second-order valence-corrected chi connectivity index (χ2v) is 7.26. The smallest absolute Gasteiger partial charge is 0.286 e. The molecule has 2 aromatic heterocycles. The molecule has 5 rings (SSSR count). The van der Waals surface area contributed by atoms with E-state index in [0.29, 0.717) is 24.1 Å². The molecular formula is C25H21N5O3. The van der Waals surface area contributed by atoms with Crippen molar-refractivity contribution in [2.24, 2.45) is 0 Å². The van der Waals surface area contributed by atoms with Gasteiger partial charge in [-0.1, -0.05) is 24.3 Å². The molecule has 2 heterocycles. The molecule has 33 heavy (non-hydrogen) atoms. The third-order valence-electron chi connectivity index (χ3n) is 5.15. The number of nitrogens with one attached hydrogen (secondary N) is 1. The first-order valence-corrected chi connectivity index (χ1v) is 10.4. The Hall–Kier alpha value is -4.46. The molecule has 0 bridgehead atoms. The zero-order valence-electron chi connectivity index (χ0n) is 18.1. The van der Waals surface area contributed by atoms with Crippen molar-refractivity contribution < 1.29 is 13.9 Å². The fourth-order valence-corrected chi connectivity index (χ4v) is 3.44. The fourth-order valence-electron chi connectivity index (χ4n) is 3.44. The van der Waals surface area contributed by atoms with Gasteiger partial charge in [0.15, 0.2) is 0 Å². The molecule has 1 N–H and O–H groups in total. The number of fused-ring (bicyclic) bond motifs is 1. The van der Waals surface area contributed by atoms with Gasteiger partial charge in [-0.3, -0.25) is 0 Å². The van der Waals surface area contributed by atoms with E-state index in [1.807, 2.05) is 72.8 Å². The van der Waals surface area contributed by atoms with Crippen molar-refractivity contribution in [2.75, 3.05) is 19.5 Å². The molecule has 3 aromatic carbocycles. The first-order valence-electron chi connectivity index (χ1n) is 10.4. The molecule has 0 fully saturated rings. The minimum absolute atomic E-state index is 0.246. The predicted molar refractivity (Wildman–Crippen MR) is 125 cm³/mol. The van der Waals surface area contributed by atoms with Crippen LogP contribution in [0.5, 0.6) is 11.5 Å². The molecule has 0 saturated carbocycles. The summed E-state index contributed by atoms with van der Waals surface area (Å²) in [6, 6.07) is 23.1. The SMILES string of the molecule is COc1ccc(-c2nnc(-c3nc(NCc4cccc(OC)c4)c4ccccc4n3)o2)cc1. The minimum atomic E-state index is 0.246. The number of nitrogens with zero attached hydrogens (tertiary/aromatic N) is 4. The van der Waals surface area contributed by atoms with E-state index in [2.05, 4.69) is 20.5 Å². The molecular weight excluding hydrogens is 418 g/mol. The van der Waals surface area contributed by atoms with Crippen LogP contribution in [-0.4, -0.2) is 34.4 Å². The molecule has 0 atom stereocenters. The van der Waals surface area contributed by atoms with Gasteiger partial charge in [0.25, 0.3) is 5.89 Å². The van der Waals surface area contributed by atoms with Gasteiger partial charge in [-0.25, -0.2) is 9.97 Å². The van der Waals surface area contributed by atoms with Crippen LogP contribution in [0.15, 0.2) is 77.2 Å². The zero-order valence-corrected chi connectivity index (χ0v) is 18.1. The van der Waals surface area contributed by atoms with E-state index in [1.165, 1.54) is 0 Å². The molecule has 0 aliphatic heterocycles. The van der Waals surface area contributed by atoms with Crippen LogP contribution in [0.2, 0.25) is 0 Å². The van der Waals surface area contributed by atoms with Gasteiger partial charge in [-0.15, -0.1) is 10.2 Å². The number of rotatable bonds is 7. The topological polar surface area (TPSA) is 95.2 Å². The zero-order chi connectivity index (χ0) is 22.6. The minimum Gasteiger partial charge on any atom is -0.497 e. The Morgan fingerprint density at radius 2 is 1.58 bits per heavy atom. The monoisotopic (exact) mass is 439 g/mol. The molecule has 0 aliphatic rings. The van der Waals surface area contributed by atoms with Crippen LogP contribution in [0.1, 0.15) is 5.56 Å². The highest BCUT2D eigenvalue weighted by molar-refractivity contribution is 5.90. The summed E-state index contributed by atoms with van der Waals surface area (Å²) >= 11 is 0. The maximum atomic E-state index is 5.89. The standard InChI is InChI=1S/C25H21N5O3/c1-31-18-12-10-17(11-13-18)24-29-30-25(33-24)23-27-21-9-4-3-8-20(21)22(28-23)26-15-16-6-5-7-19(14-16)32-2/h3-14H,15H2,1-2H3,(H,26,27,28). The Morgan fingerprint density at radius 3 is 2.39 bits per heavy atom. The number of para-hydroxylation sites is 1. The lowest BCUT2D eigenvalue weighted by atomic mass is 10.2. The van der Waals surface area contributed by atoms with Crippen molar-refractivity contribution >= 4 is 16.7 Å². The van der Waals surface area contributed by atoms with Gasteiger partial charge in [0.1, 0.15) is 17.3 Å². The van der Waals surface area contributed by atoms with E-state index in [9.17, 15) is 0 Å². The Balaban J connectivity index is 1.47. The lowest BCUT2D eigenvalue weighted by molar-refractivity contribution is 0.414. The molecule has 0 saturated heterocycles. The Morgan fingerprint density at radius 1 is 0.788 bits per heavy atom. The van der Waals surface area contributed by atoms with Crippen molar-refractivity contribution in [3.05, 3.63) is 78.4 Å². The highest BCUT2D eigenvalue weighted by Crippen LogP contribution is 2.28. The number of aromatic nitrogens is 4. The predicted octanol–water partition coefficient (Wildman–Crippen LogP) is 4.98. The van der Waals surface area contributed by atoms with Gasteiger partial charge in [0.2, 0.25) is 11.7 Å². The highest BCUT2D eigenvalue weighted by atomic mass is 16.5. The fraction of sp³-hybridized carbons (Fsp3) is 0.120. The van der Waals surface area contributed by atoms with Crippen molar-refractivity contribution in [1.29, 1.82) is 0 Å². The molecule has 0 spiro atoms. The van der Waals surface area contributed by atoms with E-state index >= 15 is 0 Å². The number of methoxy groups -OCH3 is 2. The Kier molecular flexibility index (Phi) is 5.55. The van der Waals surface area contributed by atoms with E-state index in [4.69, 9.17) is 18.9 Å². The molecule has 0 aliphatic carbocycles. The molecule has 0 amide bonds. The maximum absolute atomic E-state index is 5.89. The summed E-state index contributed by atoms with van der Waals surface area (Å²) < 4.78 is 16.4. The van der Waals surface area contributed by atoms with Gasteiger partial charge in [-0.2, -0.15) is 0 Å². The first-order chi connectivity index (χ1) is 16.2. The summed E-state index contributed by atoms with van der Waals surface area (Å²) in [6.07, 6.45) is 0. The van der Waals surface area contributed by atoms with Crippen LogP contribution in [0, 0.1) is 0 Å². The Labute approximate surface area is 190 Å². The summed E-state index contributed by atoms with van der Waals surface area (Å²) in [5.74, 6) is 3.23. The van der Waals surface area contributed by atoms with Crippen LogP contribution >= 0.6 is 0 Å². The highest BCUT2D eigenvalue weighted by Gasteiger charge is 2.16. The number of ether oxygens (including phenoxy) is 2. The van der Waals surface area contributed by atoms with Crippen molar-refractivity contribution in [3.63, 3.8) is 0 Å². The van der Waals surface area contributed by atoms with Crippen LogP contribution < -0.4 is 14.8 Å². The van der Waals surface area contributed by atoms with Crippen LogP contribution in [0.25, 0.3) is 34.1 Å². The lowest BCUT2D eigenvalue weighted by Gasteiger charge is -2.10. The lowest BCUT2D eigenvalue weighted by Crippen LogP contribution is -2.04. The van der Waals surface area contributed by atoms with Crippen molar-refractivity contribution in [1.82, 2.24) is 20.2 Å². The van der Waals surface area contributed by atoms with E-state index in [0.717, 1.165) is 33.5 Å². The summed E-state index contributed by atoms with van der Waals surface area (Å²) in [7, 11) is 3.28. The van der Waals surface area contributed by atoms with Crippen molar-refractivity contribution in [3.8, 4) is 34.7 Å².